The highest BCUT2D eigenvalue weighted by atomic mass is 32.2. The van der Waals surface area contributed by atoms with E-state index in [1.165, 1.54) is 17.3 Å². The first-order valence-electron chi connectivity index (χ1n) is 8.07. The second kappa shape index (κ2) is 6.19. The highest BCUT2D eigenvalue weighted by molar-refractivity contribution is 8.16. The molecule has 0 spiro atoms. The van der Waals surface area contributed by atoms with Gasteiger partial charge in [0.05, 0.1) is 17.5 Å². The van der Waals surface area contributed by atoms with Gasteiger partial charge in [-0.05, 0) is 31.9 Å². The molecule has 3 rings (SSSR count). The number of thioether (sulfide) groups is 1. The number of amidine groups is 1. The molecular formula is C17H22N2O3S2. The maximum absolute atomic E-state index is 12.1. The van der Waals surface area contributed by atoms with Gasteiger partial charge in [0.25, 0.3) is 0 Å². The Balaban J connectivity index is 2.12. The van der Waals surface area contributed by atoms with Crippen molar-refractivity contribution in [2.24, 2.45) is 4.99 Å². The van der Waals surface area contributed by atoms with Gasteiger partial charge < -0.3 is 4.90 Å². The fourth-order valence-corrected chi connectivity index (χ4v) is 7.48. The maximum Gasteiger partial charge on any atom is 0.247 e. The molecule has 130 valence electrons. The van der Waals surface area contributed by atoms with Gasteiger partial charge >= 0.3 is 0 Å². The quantitative estimate of drug-likeness (QED) is 0.805. The zero-order valence-electron chi connectivity index (χ0n) is 14.4. The first-order valence-corrected chi connectivity index (χ1v) is 10.8. The van der Waals surface area contributed by atoms with Crippen molar-refractivity contribution in [3.05, 3.63) is 28.8 Å². The van der Waals surface area contributed by atoms with Crippen LogP contribution >= 0.6 is 11.8 Å². The topological polar surface area (TPSA) is 66.8 Å². The fraction of sp³-hybridized carbons (Fsp3) is 0.529. The molecule has 2 aliphatic heterocycles. The molecule has 1 aromatic carbocycles. The van der Waals surface area contributed by atoms with E-state index in [9.17, 15) is 13.2 Å². The van der Waals surface area contributed by atoms with Gasteiger partial charge in [0.15, 0.2) is 15.0 Å². The number of aryl methyl sites for hydroxylation is 3. The Morgan fingerprint density at radius 1 is 1.25 bits per heavy atom. The standard InChI is InChI=1S/C17H22N2O3S2/c1-5-15(20)18-17-19(13-8-24(21,22)9-14(13)23-17)16-11(3)6-10(2)7-12(16)4/h6-7,13-14H,5,8-9H2,1-4H3/t13-,14-/m0/s1. The minimum atomic E-state index is -3.04. The minimum Gasteiger partial charge on any atom is -0.315 e. The molecule has 24 heavy (non-hydrogen) atoms. The molecule has 0 bridgehead atoms. The highest BCUT2D eigenvalue weighted by Gasteiger charge is 2.49. The van der Waals surface area contributed by atoms with E-state index in [-0.39, 0.29) is 28.7 Å². The number of benzene rings is 1. The Hall–Kier alpha value is -1.34. The molecule has 5 nitrogen and oxygen atoms in total. The van der Waals surface area contributed by atoms with Gasteiger partial charge in [-0.1, -0.05) is 36.4 Å². The lowest BCUT2D eigenvalue weighted by Gasteiger charge is -2.28. The summed E-state index contributed by atoms with van der Waals surface area (Å²) in [6, 6.07) is 4.02. The maximum atomic E-state index is 12.1. The van der Waals surface area contributed by atoms with Gasteiger partial charge in [-0.15, -0.1) is 0 Å². The van der Waals surface area contributed by atoms with E-state index in [0.717, 1.165) is 16.8 Å². The summed E-state index contributed by atoms with van der Waals surface area (Å²) in [5.41, 5.74) is 4.31. The molecule has 2 atom stereocenters. The van der Waals surface area contributed by atoms with Crippen molar-refractivity contribution in [2.75, 3.05) is 16.4 Å². The van der Waals surface area contributed by atoms with Crippen LogP contribution in [-0.2, 0) is 14.6 Å². The van der Waals surface area contributed by atoms with Crippen LogP contribution < -0.4 is 4.90 Å². The van der Waals surface area contributed by atoms with Crippen molar-refractivity contribution in [2.45, 2.75) is 45.4 Å². The molecule has 1 amide bonds. The number of fused-ring (bicyclic) bond motifs is 1. The summed E-state index contributed by atoms with van der Waals surface area (Å²) in [4.78, 5) is 18.1. The summed E-state index contributed by atoms with van der Waals surface area (Å²) >= 11 is 1.43. The van der Waals surface area contributed by atoms with Crippen LogP contribution in [-0.4, -0.2) is 42.3 Å². The normalized spacial score (nSPS) is 26.8. The van der Waals surface area contributed by atoms with Gasteiger partial charge in [0, 0.05) is 17.4 Å². The van der Waals surface area contributed by atoms with Crippen LogP contribution in [0.4, 0.5) is 5.69 Å². The van der Waals surface area contributed by atoms with E-state index in [4.69, 9.17) is 0 Å². The summed E-state index contributed by atoms with van der Waals surface area (Å²) in [5.74, 6) is 0.103. The van der Waals surface area contributed by atoms with Gasteiger partial charge in [0.2, 0.25) is 5.91 Å². The van der Waals surface area contributed by atoms with Gasteiger partial charge in [-0.2, -0.15) is 4.99 Å². The molecule has 0 aromatic heterocycles. The second-order valence-electron chi connectivity index (χ2n) is 6.56. The summed E-state index contributed by atoms with van der Waals surface area (Å²) < 4.78 is 24.2. The molecule has 2 heterocycles. The third kappa shape index (κ3) is 3.11. The van der Waals surface area contributed by atoms with E-state index in [0.29, 0.717) is 11.6 Å². The van der Waals surface area contributed by atoms with Gasteiger partial charge in [-0.25, -0.2) is 8.42 Å². The third-order valence-corrected chi connectivity index (χ3v) is 7.68. The first kappa shape index (κ1) is 17.5. The average Bonchev–Trinajstić information content (AvgIpc) is 2.90. The zero-order chi connectivity index (χ0) is 17.6. The Morgan fingerprint density at radius 2 is 1.88 bits per heavy atom. The lowest BCUT2D eigenvalue weighted by Crippen LogP contribution is -2.38. The molecular weight excluding hydrogens is 344 g/mol. The lowest BCUT2D eigenvalue weighted by molar-refractivity contribution is -0.117. The van der Waals surface area contributed by atoms with Crippen LogP contribution in [0.15, 0.2) is 17.1 Å². The van der Waals surface area contributed by atoms with Crippen LogP contribution in [0.5, 0.6) is 0 Å². The third-order valence-electron chi connectivity index (χ3n) is 4.47. The number of nitrogens with zero attached hydrogens (tertiary/aromatic N) is 2. The summed E-state index contributed by atoms with van der Waals surface area (Å²) in [6.45, 7) is 7.87. The molecule has 2 aliphatic rings. The molecule has 2 fully saturated rings. The number of carbonyl (C=O) groups excluding carboxylic acids is 1. The monoisotopic (exact) mass is 366 g/mol. The van der Waals surface area contributed by atoms with Gasteiger partial charge in [-0.3, -0.25) is 4.79 Å². The molecule has 1 aromatic rings. The molecule has 0 aliphatic carbocycles. The predicted molar refractivity (Wildman–Crippen MR) is 99.7 cm³/mol. The number of rotatable bonds is 2. The Bertz CT molecular complexity index is 807. The molecule has 0 unspecified atom stereocenters. The first-order chi connectivity index (χ1) is 11.2. The smallest absolute Gasteiger partial charge is 0.247 e. The number of aliphatic imine (C=N–C) groups is 1. The number of anilines is 1. The van der Waals surface area contributed by atoms with Crippen LogP contribution in [0.1, 0.15) is 30.0 Å². The number of hydrogen-bond acceptors (Lipinski definition) is 4. The van der Waals surface area contributed by atoms with Gasteiger partial charge in [0.1, 0.15) is 0 Å². The SMILES string of the molecule is CCC(=O)N=C1S[C@H]2CS(=O)(=O)C[C@@H]2N1c1c(C)cc(C)cc1C. The zero-order valence-corrected chi connectivity index (χ0v) is 16.0. The Labute approximate surface area is 147 Å². The highest BCUT2D eigenvalue weighted by Crippen LogP contribution is 2.43. The number of sulfone groups is 1. The van der Waals surface area contributed by atoms with E-state index < -0.39 is 9.84 Å². The fourth-order valence-electron chi connectivity index (χ4n) is 3.56. The lowest BCUT2D eigenvalue weighted by atomic mass is 10.0. The van der Waals surface area contributed by atoms with E-state index in [2.05, 4.69) is 17.1 Å². The van der Waals surface area contributed by atoms with Crippen LogP contribution in [0.25, 0.3) is 0 Å². The molecule has 0 N–H and O–H groups in total. The van der Waals surface area contributed by atoms with Crippen molar-refractivity contribution >= 4 is 38.4 Å². The Morgan fingerprint density at radius 3 is 2.46 bits per heavy atom. The van der Waals surface area contributed by atoms with Crippen LogP contribution in [0.3, 0.4) is 0 Å². The molecule has 0 saturated carbocycles. The van der Waals surface area contributed by atoms with E-state index in [1.54, 1.807) is 6.92 Å². The van der Waals surface area contributed by atoms with Crippen LogP contribution in [0, 0.1) is 20.8 Å². The summed E-state index contributed by atoms with van der Waals surface area (Å²) in [6.07, 6.45) is 0.345. The van der Waals surface area contributed by atoms with Crippen molar-refractivity contribution in [1.82, 2.24) is 0 Å². The van der Waals surface area contributed by atoms with Crippen molar-refractivity contribution in [3.63, 3.8) is 0 Å². The largest absolute Gasteiger partial charge is 0.315 e. The minimum absolute atomic E-state index is 0.0569. The summed E-state index contributed by atoms with van der Waals surface area (Å²) in [5, 5.41) is 0.584. The predicted octanol–water partition coefficient (Wildman–Crippen LogP) is 2.62. The molecule has 2 saturated heterocycles. The van der Waals surface area contributed by atoms with Crippen molar-refractivity contribution < 1.29 is 13.2 Å². The molecule has 7 heteroatoms. The van der Waals surface area contributed by atoms with Crippen molar-refractivity contribution in [1.29, 1.82) is 0 Å². The number of amides is 1. The molecule has 0 radical (unpaired) electrons. The van der Waals surface area contributed by atoms with Crippen LogP contribution in [0.2, 0.25) is 0 Å². The number of carbonyl (C=O) groups is 1. The van der Waals surface area contributed by atoms with Crippen molar-refractivity contribution in [3.8, 4) is 0 Å². The summed E-state index contributed by atoms with van der Waals surface area (Å²) in [7, 11) is -3.04. The van der Waals surface area contributed by atoms with E-state index in [1.807, 2.05) is 25.7 Å². The Kier molecular flexibility index (Phi) is 4.51. The van der Waals surface area contributed by atoms with E-state index >= 15 is 0 Å². The second-order valence-corrected chi connectivity index (χ2v) is 9.92. The average molecular weight is 367 g/mol. The number of hydrogen-bond donors (Lipinski definition) is 0.